The molecule has 0 bridgehead atoms. The Hall–Kier alpha value is -3.52. The number of hydrogen-bond donors (Lipinski definition) is 8. The molecular formula is C21H34N6O8. The monoisotopic (exact) mass is 498 g/mol. The zero-order valence-electron chi connectivity index (χ0n) is 19.9. The van der Waals surface area contributed by atoms with E-state index >= 15 is 0 Å². The lowest BCUT2D eigenvalue weighted by Gasteiger charge is -2.27. The quantitative estimate of drug-likeness (QED) is 0.134. The number of imidazole rings is 1. The maximum Gasteiger partial charge on any atom is 0.326 e. The molecular weight excluding hydrogens is 464 g/mol. The molecule has 14 heteroatoms. The third-order valence-corrected chi connectivity index (χ3v) is 5.00. The van der Waals surface area contributed by atoms with Crippen LogP contribution in [0.5, 0.6) is 0 Å². The molecule has 3 amide bonds. The van der Waals surface area contributed by atoms with Crippen molar-refractivity contribution in [2.45, 2.75) is 76.7 Å². The summed E-state index contributed by atoms with van der Waals surface area (Å²) in [4.78, 5) is 66.8. The topological polar surface area (TPSA) is 237 Å². The van der Waals surface area contributed by atoms with E-state index < -0.39 is 59.9 Å². The molecule has 196 valence electrons. The standard InChI is InChI=1S/C21H34N6O8/c1-10(2)6-14(25-18(31)13(22)4-5-16(29)30)19(32)27-17(11(3)28)20(33)26-15(21(34)35)7-12-8-23-9-24-12/h8-11,13-15,17,28H,4-7,22H2,1-3H3,(H,23,24)(H,25,31)(H,26,33)(H,27,32)(H,29,30)(H,34,35). The molecule has 1 rings (SSSR count). The molecule has 1 heterocycles. The number of nitrogens with one attached hydrogen (secondary N) is 4. The summed E-state index contributed by atoms with van der Waals surface area (Å²) in [6.07, 6.45) is 0.943. The fraction of sp³-hybridized carbons (Fsp3) is 0.619. The Balaban J connectivity index is 2.91. The lowest BCUT2D eigenvalue weighted by Crippen LogP contribution is -2.60. The fourth-order valence-corrected chi connectivity index (χ4v) is 3.13. The number of carbonyl (C=O) groups excluding carboxylic acids is 3. The molecule has 0 radical (unpaired) electrons. The molecule has 14 nitrogen and oxygen atoms in total. The van der Waals surface area contributed by atoms with E-state index in [0.717, 1.165) is 0 Å². The number of aliphatic carboxylic acids is 2. The van der Waals surface area contributed by atoms with Crippen LogP contribution in [0.3, 0.4) is 0 Å². The molecule has 0 aromatic carbocycles. The van der Waals surface area contributed by atoms with Crippen LogP contribution in [-0.2, 0) is 30.4 Å². The molecule has 1 aromatic rings. The Morgan fingerprint density at radius 1 is 1.00 bits per heavy atom. The largest absolute Gasteiger partial charge is 0.481 e. The van der Waals surface area contributed by atoms with Crippen molar-refractivity contribution in [2.75, 3.05) is 0 Å². The molecule has 1 aromatic heterocycles. The predicted molar refractivity (Wildman–Crippen MR) is 122 cm³/mol. The number of nitrogens with zero attached hydrogens (tertiary/aromatic N) is 1. The summed E-state index contributed by atoms with van der Waals surface area (Å²) >= 11 is 0. The number of carboxylic acids is 2. The van der Waals surface area contributed by atoms with Gasteiger partial charge in [-0.15, -0.1) is 0 Å². The maximum absolute atomic E-state index is 12.9. The number of amides is 3. The average Bonchev–Trinajstić information content (AvgIpc) is 3.26. The van der Waals surface area contributed by atoms with E-state index in [1.54, 1.807) is 13.8 Å². The minimum atomic E-state index is -1.52. The highest BCUT2D eigenvalue weighted by Gasteiger charge is 2.33. The van der Waals surface area contributed by atoms with Crippen molar-refractivity contribution >= 4 is 29.7 Å². The van der Waals surface area contributed by atoms with Crippen LogP contribution in [-0.4, -0.2) is 85.2 Å². The highest BCUT2D eigenvalue weighted by molar-refractivity contribution is 5.94. The van der Waals surface area contributed by atoms with Crippen molar-refractivity contribution in [3.8, 4) is 0 Å². The van der Waals surface area contributed by atoms with Crippen LogP contribution in [0.1, 0.15) is 45.7 Å². The number of nitrogens with two attached hydrogens (primary N) is 1. The molecule has 0 aliphatic carbocycles. The molecule has 0 saturated carbocycles. The number of hydrogen-bond acceptors (Lipinski definition) is 8. The number of carbonyl (C=O) groups is 5. The summed E-state index contributed by atoms with van der Waals surface area (Å²) in [7, 11) is 0. The summed E-state index contributed by atoms with van der Waals surface area (Å²) < 4.78 is 0. The lowest BCUT2D eigenvalue weighted by atomic mass is 10.0. The summed E-state index contributed by atoms with van der Waals surface area (Å²) in [6, 6.07) is -5.17. The first-order valence-corrected chi connectivity index (χ1v) is 11.1. The van der Waals surface area contributed by atoms with Crippen LogP contribution >= 0.6 is 0 Å². The number of carboxylic acid groups (broad SMARTS) is 2. The second kappa shape index (κ2) is 14.0. The summed E-state index contributed by atoms with van der Waals surface area (Å²) in [5, 5.41) is 35.4. The van der Waals surface area contributed by atoms with Gasteiger partial charge in [-0.1, -0.05) is 13.8 Å². The van der Waals surface area contributed by atoms with Crippen molar-refractivity contribution in [2.24, 2.45) is 11.7 Å². The molecule has 0 fully saturated rings. The Morgan fingerprint density at radius 3 is 2.11 bits per heavy atom. The summed E-state index contributed by atoms with van der Waals surface area (Å²) in [5.41, 5.74) is 6.16. The van der Waals surface area contributed by atoms with Crippen LogP contribution in [0.4, 0.5) is 0 Å². The van der Waals surface area contributed by atoms with Crippen molar-refractivity contribution < 1.29 is 39.3 Å². The van der Waals surface area contributed by atoms with Gasteiger partial charge in [0.2, 0.25) is 17.7 Å². The van der Waals surface area contributed by atoms with Gasteiger partial charge in [-0.05, 0) is 25.7 Å². The number of rotatable bonds is 15. The van der Waals surface area contributed by atoms with Crippen molar-refractivity contribution in [3.63, 3.8) is 0 Å². The van der Waals surface area contributed by atoms with Gasteiger partial charge in [0.1, 0.15) is 18.1 Å². The normalized spacial score (nSPS) is 15.4. The average molecular weight is 499 g/mol. The Bertz CT molecular complexity index is 873. The van der Waals surface area contributed by atoms with Crippen molar-refractivity contribution in [1.82, 2.24) is 25.9 Å². The van der Waals surface area contributed by atoms with E-state index in [1.165, 1.54) is 19.4 Å². The van der Waals surface area contributed by atoms with Gasteiger partial charge in [-0.3, -0.25) is 19.2 Å². The smallest absolute Gasteiger partial charge is 0.326 e. The van der Waals surface area contributed by atoms with E-state index in [4.69, 9.17) is 10.8 Å². The van der Waals surface area contributed by atoms with Gasteiger partial charge in [-0.2, -0.15) is 0 Å². The van der Waals surface area contributed by atoms with Gasteiger partial charge in [0.05, 0.1) is 18.5 Å². The molecule has 0 saturated heterocycles. The third-order valence-electron chi connectivity index (χ3n) is 5.00. The van der Waals surface area contributed by atoms with E-state index in [1.807, 2.05) is 0 Å². The maximum atomic E-state index is 12.9. The van der Waals surface area contributed by atoms with Crippen molar-refractivity contribution in [3.05, 3.63) is 18.2 Å². The van der Waals surface area contributed by atoms with E-state index in [-0.39, 0.29) is 31.6 Å². The zero-order valence-corrected chi connectivity index (χ0v) is 19.9. The molecule has 0 aliphatic rings. The molecule has 9 N–H and O–H groups in total. The summed E-state index contributed by atoms with van der Waals surface area (Å²) in [5.74, 6) is -4.99. The minimum Gasteiger partial charge on any atom is -0.481 e. The fourth-order valence-electron chi connectivity index (χ4n) is 3.13. The molecule has 5 unspecified atom stereocenters. The first-order chi connectivity index (χ1) is 16.3. The van der Waals surface area contributed by atoms with Gasteiger partial charge in [-0.25, -0.2) is 9.78 Å². The summed E-state index contributed by atoms with van der Waals surface area (Å²) in [6.45, 7) is 4.83. The molecule has 35 heavy (non-hydrogen) atoms. The van der Waals surface area contributed by atoms with Crippen LogP contribution in [0, 0.1) is 5.92 Å². The predicted octanol–water partition coefficient (Wildman–Crippen LogP) is -1.89. The Morgan fingerprint density at radius 2 is 1.63 bits per heavy atom. The van der Waals surface area contributed by atoms with Crippen LogP contribution in [0.15, 0.2) is 12.5 Å². The number of aromatic nitrogens is 2. The van der Waals surface area contributed by atoms with Gasteiger partial charge < -0.3 is 42.0 Å². The number of aliphatic hydroxyl groups excluding tert-OH is 1. The second-order valence-electron chi connectivity index (χ2n) is 8.64. The van der Waals surface area contributed by atoms with Gasteiger partial charge in [0.15, 0.2) is 0 Å². The minimum absolute atomic E-state index is 0.0640. The first kappa shape index (κ1) is 29.5. The zero-order chi connectivity index (χ0) is 26.7. The van der Waals surface area contributed by atoms with E-state index in [9.17, 15) is 34.2 Å². The van der Waals surface area contributed by atoms with Crippen molar-refractivity contribution in [1.29, 1.82) is 0 Å². The molecule has 0 aliphatic heterocycles. The SMILES string of the molecule is CC(C)CC(NC(=O)C(N)CCC(=O)O)C(=O)NC(C(=O)NC(Cc1cnc[nH]1)C(=O)O)C(C)O. The second-order valence-corrected chi connectivity index (χ2v) is 8.64. The number of H-pyrrole nitrogens is 1. The number of aliphatic hydroxyl groups is 1. The van der Waals surface area contributed by atoms with E-state index in [0.29, 0.717) is 5.69 Å². The molecule has 0 spiro atoms. The highest BCUT2D eigenvalue weighted by atomic mass is 16.4. The number of aromatic amines is 1. The Labute approximate surface area is 202 Å². The van der Waals surface area contributed by atoms with Gasteiger partial charge >= 0.3 is 11.9 Å². The van der Waals surface area contributed by atoms with Crippen LogP contribution in [0.25, 0.3) is 0 Å². The molecule has 5 atom stereocenters. The lowest BCUT2D eigenvalue weighted by molar-refractivity contribution is -0.143. The van der Waals surface area contributed by atoms with Crippen LogP contribution in [0.2, 0.25) is 0 Å². The van der Waals surface area contributed by atoms with Gasteiger partial charge in [0, 0.05) is 24.7 Å². The Kier molecular flexibility index (Phi) is 11.8. The highest BCUT2D eigenvalue weighted by Crippen LogP contribution is 2.08. The first-order valence-electron chi connectivity index (χ1n) is 11.1. The van der Waals surface area contributed by atoms with E-state index in [2.05, 4.69) is 25.9 Å². The third kappa shape index (κ3) is 10.5. The van der Waals surface area contributed by atoms with Crippen LogP contribution < -0.4 is 21.7 Å². The van der Waals surface area contributed by atoms with Gasteiger partial charge in [0.25, 0.3) is 0 Å².